The lowest BCUT2D eigenvalue weighted by Gasteiger charge is -2.36. The van der Waals surface area contributed by atoms with E-state index in [4.69, 9.17) is 0 Å². The number of hydrogen-bond acceptors (Lipinski definition) is 2. The molecule has 0 radical (unpaired) electrons. The summed E-state index contributed by atoms with van der Waals surface area (Å²) in [5.41, 5.74) is 0. The first-order chi connectivity index (χ1) is 8.86. The van der Waals surface area contributed by atoms with Gasteiger partial charge in [-0.25, -0.2) is 0 Å². The predicted molar refractivity (Wildman–Crippen MR) is 76.7 cm³/mol. The Bertz CT molecular complexity index is 256. The molecule has 104 valence electrons. The fourth-order valence-corrected chi connectivity index (χ4v) is 3.70. The molecule has 18 heavy (non-hydrogen) atoms. The van der Waals surface area contributed by atoms with Crippen LogP contribution in [0.3, 0.4) is 0 Å². The monoisotopic (exact) mass is 250 g/mol. The summed E-state index contributed by atoms with van der Waals surface area (Å²) in [6.45, 7) is 6.21. The molecule has 0 saturated heterocycles. The van der Waals surface area contributed by atoms with E-state index in [-0.39, 0.29) is 0 Å². The van der Waals surface area contributed by atoms with Gasteiger partial charge < -0.3 is 5.32 Å². The first kappa shape index (κ1) is 12.9. The van der Waals surface area contributed by atoms with Gasteiger partial charge in [0.1, 0.15) is 0 Å². The number of nitrogens with one attached hydrogen (secondary N) is 1. The van der Waals surface area contributed by atoms with Crippen molar-refractivity contribution < 1.29 is 0 Å². The molecule has 3 aliphatic carbocycles. The molecule has 0 bridgehead atoms. The Labute approximate surface area is 113 Å². The Kier molecular flexibility index (Phi) is 4.25. The molecule has 3 saturated carbocycles. The van der Waals surface area contributed by atoms with Crippen LogP contribution in [0.4, 0.5) is 0 Å². The molecule has 3 aliphatic rings. The van der Waals surface area contributed by atoms with Gasteiger partial charge in [0.05, 0.1) is 0 Å². The average molecular weight is 250 g/mol. The molecule has 0 aromatic heterocycles. The van der Waals surface area contributed by atoms with Gasteiger partial charge >= 0.3 is 0 Å². The Hall–Kier alpha value is -0.0800. The fourth-order valence-electron chi connectivity index (χ4n) is 3.70. The van der Waals surface area contributed by atoms with Crippen molar-refractivity contribution in [3.05, 3.63) is 0 Å². The summed E-state index contributed by atoms with van der Waals surface area (Å²) in [6.07, 6.45) is 11.8. The van der Waals surface area contributed by atoms with Gasteiger partial charge in [-0.15, -0.1) is 0 Å². The maximum atomic E-state index is 3.74. The van der Waals surface area contributed by atoms with E-state index in [0.717, 1.165) is 30.5 Å². The van der Waals surface area contributed by atoms with E-state index in [1.165, 1.54) is 64.5 Å². The molecule has 2 atom stereocenters. The maximum absolute atomic E-state index is 3.74. The third-order valence-electron chi connectivity index (χ3n) is 5.10. The lowest BCUT2D eigenvalue weighted by molar-refractivity contribution is 0.158. The smallest absolute Gasteiger partial charge is 0.0107 e. The standard InChI is InChI=1S/C16H30N2/c1-2-17-16-6-4-3-5-14(16)12-18(15-9-10-15)11-13-7-8-13/h13-17H,2-12H2,1H3. The van der Waals surface area contributed by atoms with Gasteiger partial charge in [0.15, 0.2) is 0 Å². The summed E-state index contributed by atoms with van der Waals surface area (Å²) < 4.78 is 0. The van der Waals surface area contributed by atoms with Crippen LogP contribution in [-0.4, -0.2) is 36.6 Å². The predicted octanol–water partition coefficient (Wildman–Crippen LogP) is 3.03. The minimum Gasteiger partial charge on any atom is -0.314 e. The van der Waals surface area contributed by atoms with Crippen LogP contribution in [0.5, 0.6) is 0 Å². The number of rotatable bonds is 7. The summed E-state index contributed by atoms with van der Waals surface area (Å²) in [7, 11) is 0. The highest BCUT2D eigenvalue weighted by Gasteiger charge is 2.36. The summed E-state index contributed by atoms with van der Waals surface area (Å²) in [4.78, 5) is 2.86. The van der Waals surface area contributed by atoms with Crippen LogP contribution >= 0.6 is 0 Å². The minimum absolute atomic E-state index is 0.809. The van der Waals surface area contributed by atoms with Crippen molar-refractivity contribution in [2.45, 2.75) is 70.4 Å². The molecule has 0 spiro atoms. The molecular weight excluding hydrogens is 220 g/mol. The van der Waals surface area contributed by atoms with Gasteiger partial charge in [-0.05, 0) is 56.9 Å². The molecule has 1 N–H and O–H groups in total. The SMILES string of the molecule is CCNC1CCCCC1CN(CC1CC1)C1CC1. The second-order valence-corrected chi connectivity index (χ2v) is 6.84. The first-order valence-electron chi connectivity index (χ1n) is 8.34. The molecule has 3 fully saturated rings. The van der Waals surface area contributed by atoms with Crippen molar-refractivity contribution >= 4 is 0 Å². The number of hydrogen-bond donors (Lipinski definition) is 1. The zero-order chi connectivity index (χ0) is 12.4. The van der Waals surface area contributed by atoms with Crippen molar-refractivity contribution in [2.75, 3.05) is 19.6 Å². The van der Waals surface area contributed by atoms with Crippen LogP contribution in [0, 0.1) is 11.8 Å². The summed E-state index contributed by atoms with van der Waals surface area (Å²) in [5, 5.41) is 3.74. The van der Waals surface area contributed by atoms with E-state index in [1.54, 1.807) is 0 Å². The zero-order valence-corrected chi connectivity index (χ0v) is 12.0. The van der Waals surface area contributed by atoms with Crippen molar-refractivity contribution in [3.8, 4) is 0 Å². The van der Waals surface area contributed by atoms with Crippen LogP contribution in [-0.2, 0) is 0 Å². The van der Waals surface area contributed by atoms with Crippen LogP contribution in [0.25, 0.3) is 0 Å². The van der Waals surface area contributed by atoms with E-state index in [2.05, 4.69) is 17.1 Å². The van der Waals surface area contributed by atoms with Crippen molar-refractivity contribution in [1.29, 1.82) is 0 Å². The molecule has 0 aromatic carbocycles. The lowest BCUT2D eigenvalue weighted by atomic mass is 9.84. The Balaban J connectivity index is 1.53. The van der Waals surface area contributed by atoms with E-state index in [9.17, 15) is 0 Å². The molecule has 0 aliphatic heterocycles. The molecule has 3 rings (SSSR count). The van der Waals surface area contributed by atoms with Gasteiger partial charge in [0.25, 0.3) is 0 Å². The van der Waals surface area contributed by atoms with Crippen molar-refractivity contribution in [2.24, 2.45) is 11.8 Å². The van der Waals surface area contributed by atoms with Gasteiger partial charge in [-0.1, -0.05) is 19.8 Å². The van der Waals surface area contributed by atoms with Crippen LogP contribution < -0.4 is 5.32 Å². The van der Waals surface area contributed by atoms with Crippen LogP contribution in [0.1, 0.15) is 58.3 Å². The highest BCUT2D eigenvalue weighted by Crippen LogP contribution is 2.36. The average Bonchev–Trinajstić information content (AvgIpc) is 3.25. The normalized spacial score (nSPS) is 33.0. The summed E-state index contributed by atoms with van der Waals surface area (Å²) in [5.74, 6) is 1.99. The molecule has 0 aromatic rings. The topological polar surface area (TPSA) is 15.3 Å². The Morgan fingerprint density at radius 3 is 2.39 bits per heavy atom. The second-order valence-electron chi connectivity index (χ2n) is 6.84. The highest BCUT2D eigenvalue weighted by atomic mass is 15.2. The Morgan fingerprint density at radius 1 is 0.944 bits per heavy atom. The van der Waals surface area contributed by atoms with Gasteiger partial charge in [0, 0.05) is 25.2 Å². The zero-order valence-electron chi connectivity index (χ0n) is 12.0. The molecule has 2 heteroatoms. The fraction of sp³-hybridized carbons (Fsp3) is 1.00. The lowest BCUT2D eigenvalue weighted by Crippen LogP contribution is -2.45. The van der Waals surface area contributed by atoms with Gasteiger partial charge in [-0.3, -0.25) is 4.90 Å². The third-order valence-corrected chi connectivity index (χ3v) is 5.10. The molecule has 0 heterocycles. The Morgan fingerprint density at radius 2 is 1.72 bits per heavy atom. The van der Waals surface area contributed by atoms with E-state index in [1.807, 2.05) is 0 Å². The van der Waals surface area contributed by atoms with Crippen LogP contribution in [0.15, 0.2) is 0 Å². The van der Waals surface area contributed by atoms with Crippen molar-refractivity contribution in [1.82, 2.24) is 10.2 Å². The van der Waals surface area contributed by atoms with Gasteiger partial charge in [-0.2, -0.15) is 0 Å². The van der Waals surface area contributed by atoms with Crippen molar-refractivity contribution in [3.63, 3.8) is 0 Å². The quantitative estimate of drug-likeness (QED) is 0.747. The van der Waals surface area contributed by atoms with E-state index < -0.39 is 0 Å². The highest BCUT2D eigenvalue weighted by molar-refractivity contribution is 4.92. The largest absolute Gasteiger partial charge is 0.314 e. The van der Waals surface area contributed by atoms with Gasteiger partial charge in [0.2, 0.25) is 0 Å². The minimum atomic E-state index is 0.809. The first-order valence-corrected chi connectivity index (χ1v) is 8.34. The van der Waals surface area contributed by atoms with E-state index >= 15 is 0 Å². The summed E-state index contributed by atoms with van der Waals surface area (Å²) in [6, 6.07) is 1.78. The summed E-state index contributed by atoms with van der Waals surface area (Å²) >= 11 is 0. The molecule has 0 amide bonds. The maximum Gasteiger partial charge on any atom is 0.0107 e. The molecule has 2 nitrogen and oxygen atoms in total. The van der Waals surface area contributed by atoms with E-state index in [0.29, 0.717) is 0 Å². The molecular formula is C16H30N2. The number of nitrogens with zero attached hydrogens (tertiary/aromatic N) is 1. The molecule has 2 unspecified atom stereocenters. The van der Waals surface area contributed by atoms with Crippen LogP contribution in [0.2, 0.25) is 0 Å². The second kappa shape index (κ2) is 5.92. The third kappa shape index (κ3) is 3.48.